The minimum Gasteiger partial charge on any atom is -0.485 e. The number of nitrogens with one attached hydrogen (secondary N) is 1. The Morgan fingerprint density at radius 3 is 2.41 bits per heavy atom. The first-order chi connectivity index (χ1) is 15.8. The van der Waals surface area contributed by atoms with E-state index in [1.54, 1.807) is 6.07 Å². The zero-order valence-corrected chi connectivity index (χ0v) is 17.5. The number of carbonyl (C=O) groups is 1. The van der Waals surface area contributed by atoms with Crippen LogP contribution >= 0.6 is 0 Å². The zero-order valence-electron chi connectivity index (χ0n) is 17.5. The fourth-order valence-corrected chi connectivity index (χ4v) is 3.73. The standard InChI is InChI=1S/C26H23N3O3/c30-26(24-18-31-22-13-7-8-14-23(22)32-24)27-15-21-17-29(16-19-9-3-1-4-10-19)28-25(21)20-11-5-2-6-12-20/h1-14,17,24H,15-16,18H2,(H,27,30). The molecule has 0 saturated heterocycles. The first kappa shape index (κ1) is 19.9. The summed E-state index contributed by atoms with van der Waals surface area (Å²) >= 11 is 0. The van der Waals surface area contributed by atoms with E-state index in [1.165, 1.54) is 0 Å². The predicted molar refractivity (Wildman–Crippen MR) is 121 cm³/mol. The minimum atomic E-state index is -0.690. The monoisotopic (exact) mass is 425 g/mol. The fourth-order valence-electron chi connectivity index (χ4n) is 3.73. The number of benzene rings is 3. The molecule has 3 aromatic carbocycles. The smallest absolute Gasteiger partial charge is 0.264 e. The largest absolute Gasteiger partial charge is 0.485 e. The third-order valence-corrected chi connectivity index (χ3v) is 5.33. The number of rotatable bonds is 6. The van der Waals surface area contributed by atoms with Gasteiger partial charge in [-0.15, -0.1) is 0 Å². The number of para-hydroxylation sites is 2. The Hall–Kier alpha value is -4.06. The average Bonchev–Trinajstić information content (AvgIpc) is 3.26. The summed E-state index contributed by atoms with van der Waals surface area (Å²) in [6.45, 7) is 1.19. The number of fused-ring (bicyclic) bond motifs is 1. The summed E-state index contributed by atoms with van der Waals surface area (Å²) in [5, 5.41) is 7.79. The zero-order chi connectivity index (χ0) is 21.8. The average molecular weight is 425 g/mol. The molecule has 2 heterocycles. The molecule has 6 heteroatoms. The highest BCUT2D eigenvalue weighted by molar-refractivity contribution is 5.82. The van der Waals surface area contributed by atoms with E-state index in [2.05, 4.69) is 17.4 Å². The SMILES string of the molecule is O=C(NCc1cn(Cc2ccccc2)nc1-c1ccccc1)C1COc2ccccc2O1. The molecule has 0 fully saturated rings. The quantitative estimate of drug-likeness (QED) is 0.506. The van der Waals surface area contributed by atoms with Gasteiger partial charge in [0.1, 0.15) is 6.61 Å². The number of aromatic nitrogens is 2. The summed E-state index contributed by atoms with van der Waals surface area (Å²) in [4.78, 5) is 12.8. The van der Waals surface area contributed by atoms with Crippen molar-refractivity contribution in [2.75, 3.05) is 6.61 Å². The highest BCUT2D eigenvalue weighted by atomic mass is 16.6. The van der Waals surface area contributed by atoms with Crippen molar-refractivity contribution in [3.63, 3.8) is 0 Å². The number of ether oxygens (including phenoxy) is 2. The molecule has 1 atom stereocenters. The van der Waals surface area contributed by atoms with E-state index >= 15 is 0 Å². The highest BCUT2D eigenvalue weighted by Gasteiger charge is 2.27. The number of hydrogen-bond acceptors (Lipinski definition) is 4. The molecule has 0 saturated carbocycles. The molecule has 1 aliphatic heterocycles. The van der Waals surface area contributed by atoms with Gasteiger partial charge in [0.2, 0.25) is 6.10 Å². The van der Waals surface area contributed by atoms with Crippen LogP contribution in [0.1, 0.15) is 11.1 Å². The van der Waals surface area contributed by atoms with E-state index in [1.807, 2.05) is 77.6 Å². The minimum absolute atomic E-state index is 0.182. The molecule has 160 valence electrons. The number of nitrogens with zero attached hydrogens (tertiary/aromatic N) is 2. The molecule has 0 spiro atoms. The molecule has 0 bridgehead atoms. The molecule has 1 N–H and O–H groups in total. The van der Waals surface area contributed by atoms with Crippen LogP contribution in [0.3, 0.4) is 0 Å². The van der Waals surface area contributed by atoms with Gasteiger partial charge >= 0.3 is 0 Å². The van der Waals surface area contributed by atoms with Crippen molar-refractivity contribution in [3.05, 3.63) is 102 Å². The van der Waals surface area contributed by atoms with E-state index < -0.39 is 6.10 Å². The molecule has 4 aromatic rings. The van der Waals surface area contributed by atoms with Crippen LogP contribution in [0.15, 0.2) is 91.1 Å². The lowest BCUT2D eigenvalue weighted by Crippen LogP contribution is -2.43. The third-order valence-electron chi connectivity index (χ3n) is 5.33. The molecule has 0 radical (unpaired) electrons. The summed E-state index contributed by atoms with van der Waals surface area (Å²) in [7, 11) is 0. The van der Waals surface area contributed by atoms with Gasteiger partial charge in [-0.3, -0.25) is 9.48 Å². The van der Waals surface area contributed by atoms with Gasteiger partial charge in [0.05, 0.1) is 12.2 Å². The van der Waals surface area contributed by atoms with Crippen molar-refractivity contribution >= 4 is 5.91 Å². The summed E-state index contributed by atoms with van der Waals surface area (Å²) in [6, 6.07) is 27.5. The van der Waals surface area contributed by atoms with Crippen molar-refractivity contribution in [3.8, 4) is 22.8 Å². The van der Waals surface area contributed by atoms with E-state index in [0.717, 1.165) is 22.4 Å². The van der Waals surface area contributed by atoms with E-state index in [4.69, 9.17) is 14.6 Å². The predicted octanol–water partition coefficient (Wildman–Crippen LogP) is 4.05. The first-order valence-electron chi connectivity index (χ1n) is 10.6. The molecular weight excluding hydrogens is 402 g/mol. The van der Waals surface area contributed by atoms with Crippen LogP contribution < -0.4 is 14.8 Å². The lowest BCUT2D eigenvalue weighted by atomic mass is 10.1. The Morgan fingerprint density at radius 2 is 1.62 bits per heavy atom. The lowest BCUT2D eigenvalue weighted by molar-refractivity contribution is -0.130. The van der Waals surface area contributed by atoms with Crippen molar-refractivity contribution in [2.24, 2.45) is 0 Å². The van der Waals surface area contributed by atoms with Crippen molar-refractivity contribution in [1.29, 1.82) is 0 Å². The number of amides is 1. The Balaban J connectivity index is 1.32. The van der Waals surface area contributed by atoms with Crippen LogP contribution in [0, 0.1) is 0 Å². The van der Waals surface area contributed by atoms with Crippen LogP contribution in [0.2, 0.25) is 0 Å². The van der Waals surface area contributed by atoms with Crippen LogP contribution in [-0.4, -0.2) is 28.4 Å². The normalized spacial score (nSPS) is 14.7. The van der Waals surface area contributed by atoms with Gasteiger partial charge < -0.3 is 14.8 Å². The van der Waals surface area contributed by atoms with Gasteiger partial charge in [-0.25, -0.2) is 0 Å². The Kier molecular flexibility index (Phi) is 5.58. The van der Waals surface area contributed by atoms with Crippen LogP contribution in [-0.2, 0) is 17.9 Å². The molecule has 1 aliphatic rings. The topological polar surface area (TPSA) is 65.4 Å². The van der Waals surface area contributed by atoms with Gasteiger partial charge in [0.25, 0.3) is 5.91 Å². The molecular formula is C26H23N3O3. The van der Waals surface area contributed by atoms with Gasteiger partial charge in [0, 0.05) is 23.9 Å². The Morgan fingerprint density at radius 1 is 0.938 bits per heavy atom. The summed E-state index contributed by atoms with van der Waals surface area (Å²) in [5.41, 5.74) is 3.97. The third kappa shape index (κ3) is 4.34. The molecule has 32 heavy (non-hydrogen) atoms. The summed E-state index contributed by atoms with van der Waals surface area (Å²) in [5.74, 6) is 1.03. The van der Waals surface area contributed by atoms with Gasteiger partial charge in [-0.2, -0.15) is 5.10 Å². The van der Waals surface area contributed by atoms with Crippen LogP contribution in [0.25, 0.3) is 11.3 Å². The Labute approximate surface area is 186 Å². The van der Waals surface area contributed by atoms with Crippen LogP contribution in [0.5, 0.6) is 11.5 Å². The second-order valence-corrected chi connectivity index (χ2v) is 7.63. The van der Waals surface area contributed by atoms with E-state index in [0.29, 0.717) is 24.6 Å². The van der Waals surface area contributed by atoms with Crippen molar-refractivity contribution < 1.29 is 14.3 Å². The maximum Gasteiger partial charge on any atom is 0.264 e. The highest BCUT2D eigenvalue weighted by Crippen LogP contribution is 2.31. The van der Waals surface area contributed by atoms with Crippen molar-refractivity contribution in [1.82, 2.24) is 15.1 Å². The Bertz CT molecular complexity index is 1210. The maximum atomic E-state index is 12.8. The molecule has 1 aromatic heterocycles. The van der Waals surface area contributed by atoms with E-state index in [-0.39, 0.29) is 12.5 Å². The number of carbonyl (C=O) groups excluding carboxylic acids is 1. The molecule has 1 unspecified atom stereocenters. The maximum absolute atomic E-state index is 12.8. The number of hydrogen-bond donors (Lipinski definition) is 1. The van der Waals surface area contributed by atoms with Gasteiger partial charge in [-0.1, -0.05) is 72.8 Å². The fraction of sp³-hybridized carbons (Fsp3) is 0.154. The first-order valence-corrected chi connectivity index (χ1v) is 10.6. The van der Waals surface area contributed by atoms with Gasteiger partial charge in [-0.05, 0) is 17.7 Å². The summed E-state index contributed by atoms with van der Waals surface area (Å²) < 4.78 is 13.4. The lowest BCUT2D eigenvalue weighted by Gasteiger charge is -2.25. The summed E-state index contributed by atoms with van der Waals surface area (Å²) in [6.07, 6.45) is 1.30. The molecule has 1 amide bonds. The second kappa shape index (κ2) is 8.98. The van der Waals surface area contributed by atoms with Gasteiger partial charge in [0.15, 0.2) is 11.5 Å². The second-order valence-electron chi connectivity index (χ2n) is 7.63. The molecule has 6 nitrogen and oxygen atoms in total. The van der Waals surface area contributed by atoms with Crippen molar-refractivity contribution in [2.45, 2.75) is 19.2 Å². The molecule has 0 aliphatic carbocycles. The molecule has 5 rings (SSSR count). The van der Waals surface area contributed by atoms with Crippen LogP contribution in [0.4, 0.5) is 0 Å². The van der Waals surface area contributed by atoms with E-state index in [9.17, 15) is 4.79 Å².